The highest BCUT2D eigenvalue weighted by molar-refractivity contribution is 5.91. The van der Waals surface area contributed by atoms with Crippen LogP contribution in [-0.4, -0.2) is 100 Å². The van der Waals surface area contributed by atoms with E-state index in [-0.39, 0.29) is 34.4 Å². The maximum atomic E-state index is 13.0. The number of hydrogen-bond acceptors (Lipinski definition) is 12. The average Bonchev–Trinajstić information content (AvgIpc) is 3.79. The molecule has 4 aliphatic heterocycles. The lowest BCUT2D eigenvalue weighted by Gasteiger charge is -2.57. The molecular weight excluding hydrogens is 737 g/mol. The van der Waals surface area contributed by atoms with E-state index in [1.165, 1.54) is 23.5 Å². The first-order valence-corrected chi connectivity index (χ1v) is 20.4. The van der Waals surface area contributed by atoms with Crippen LogP contribution in [0.3, 0.4) is 0 Å². The van der Waals surface area contributed by atoms with Crippen molar-refractivity contribution in [2.45, 2.75) is 79.8 Å². The number of piperidine rings is 2. The molecule has 0 radical (unpaired) electrons. The second-order valence-corrected chi connectivity index (χ2v) is 17.3. The Morgan fingerprint density at radius 3 is 2.22 bits per heavy atom. The lowest BCUT2D eigenvalue weighted by Crippen LogP contribution is -2.65. The molecule has 2 aromatic heterocycles. The van der Waals surface area contributed by atoms with Crippen LogP contribution >= 0.6 is 0 Å². The SMILES string of the molecule is CN1CC[C@]23c4c5ccc(O)c4O[C@H]2C(=O)CC[C@H]3[C@H]1C5.CN1CC[C@]23c4c5ccc(OC(=O)c6cccnc6)c4O[C@H]2[C@@H](OC(=O)c2cccnc2)C=C[C@H]3[C@H]1C5. The Bertz CT molecular complexity index is 2410. The van der Waals surface area contributed by atoms with Gasteiger partial charge in [0.25, 0.3) is 0 Å². The Labute approximate surface area is 335 Å². The third kappa shape index (κ3) is 4.90. The number of Topliss-reactive ketones (excluding diaryl/α,β-unsaturated/α-hetero) is 1. The van der Waals surface area contributed by atoms with Crippen LogP contribution in [-0.2, 0) is 33.2 Å². The molecule has 2 spiro atoms. The summed E-state index contributed by atoms with van der Waals surface area (Å²) in [7, 11) is 4.37. The van der Waals surface area contributed by atoms with Gasteiger partial charge in [-0.15, -0.1) is 0 Å². The Morgan fingerprint density at radius 1 is 0.810 bits per heavy atom. The summed E-state index contributed by atoms with van der Waals surface area (Å²) >= 11 is 0. The van der Waals surface area contributed by atoms with E-state index in [2.05, 4.69) is 46.0 Å². The number of benzene rings is 2. The molecule has 58 heavy (non-hydrogen) atoms. The highest BCUT2D eigenvalue weighted by Crippen LogP contribution is 2.64. The van der Waals surface area contributed by atoms with E-state index in [1.54, 1.807) is 42.7 Å². The van der Waals surface area contributed by atoms with Crippen molar-refractivity contribution in [3.63, 3.8) is 0 Å². The van der Waals surface area contributed by atoms with Crippen molar-refractivity contribution < 1.29 is 38.4 Å². The summed E-state index contributed by atoms with van der Waals surface area (Å²) in [6, 6.07) is 15.2. The monoisotopic (exact) mass is 780 g/mol. The Hall–Kier alpha value is -5.59. The number of esters is 2. The van der Waals surface area contributed by atoms with Gasteiger partial charge >= 0.3 is 11.9 Å². The summed E-state index contributed by atoms with van der Waals surface area (Å²) in [5.74, 6) is 1.72. The van der Waals surface area contributed by atoms with Gasteiger partial charge in [0.15, 0.2) is 41.0 Å². The zero-order valence-electron chi connectivity index (χ0n) is 32.4. The first kappa shape index (κ1) is 35.6. The van der Waals surface area contributed by atoms with Crippen LogP contribution in [0.25, 0.3) is 0 Å². The standard InChI is InChI=1S/C29H25N3O5.C17H19NO3/c1-32-13-10-29-20-7-9-23(36-28(34)19-5-3-12-31-16-19)26(29)37-25-22(8-6-17(24(25)29)14-21(20)32)35-27(33)18-4-2-11-30-15-18;1-18-7-6-17-10-3-5-13(20)16(17)21-15-12(19)4-2-9(14(15)17)8-11(10)18/h2-9,11-12,15-16,20-21,23,26H,10,13-14H2,1H3;2,4,10-11,16,19H,3,5-8H2,1H3/t20-,21+,23-,26-,29-;10-,11+,16-,17-/m00/s1. The van der Waals surface area contributed by atoms with Crippen molar-refractivity contribution in [3.05, 3.63) is 119 Å². The molecule has 0 amide bonds. The molecule has 9 atom stereocenters. The number of rotatable bonds is 4. The number of nitrogens with zero attached hydrogens (tertiary/aromatic N) is 4. The molecule has 3 fully saturated rings. The lowest BCUT2D eigenvalue weighted by atomic mass is 9.52. The van der Waals surface area contributed by atoms with Crippen LogP contribution < -0.4 is 14.2 Å². The molecule has 4 aliphatic carbocycles. The molecule has 1 saturated carbocycles. The summed E-state index contributed by atoms with van der Waals surface area (Å²) in [6.45, 7) is 1.90. The summed E-state index contributed by atoms with van der Waals surface area (Å²) in [5, 5.41) is 10.2. The fourth-order valence-electron chi connectivity index (χ4n) is 12.2. The van der Waals surface area contributed by atoms with E-state index < -0.39 is 24.1 Å². The zero-order chi connectivity index (χ0) is 39.5. The lowest BCUT2D eigenvalue weighted by molar-refractivity contribution is -0.138. The van der Waals surface area contributed by atoms with Crippen LogP contribution in [0.5, 0.6) is 23.0 Å². The Morgan fingerprint density at radius 2 is 1.48 bits per heavy atom. The number of phenolic OH excluding ortho intramolecular Hbond substituents is 1. The largest absolute Gasteiger partial charge is 0.504 e. The van der Waals surface area contributed by atoms with Gasteiger partial charge in [0.2, 0.25) is 0 Å². The molecule has 12 heteroatoms. The second kappa shape index (κ2) is 13.0. The van der Waals surface area contributed by atoms with Gasteiger partial charge in [-0.2, -0.15) is 0 Å². The van der Waals surface area contributed by atoms with Crippen molar-refractivity contribution in [1.82, 2.24) is 19.8 Å². The molecule has 2 saturated heterocycles. The van der Waals surface area contributed by atoms with Gasteiger partial charge in [-0.25, -0.2) is 9.59 Å². The molecule has 1 N–H and O–H groups in total. The number of likely N-dealkylation sites (tertiary alicyclic amines) is 2. The first-order valence-electron chi connectivity index (χ1n) is 20.4. The van der Waals surface area contributed by atoms with Gasteiger partial charge in [0.05, 0.1) is 11.1 Å². The minimum Gasteiger partial charge on any atom is -0.504 e. The summed E-state index contributed by atoms with van der Waals surface area (Å²) < 4.78 is 24.6. The van der Waals surface area contributed by atoms with E-state index in [4.69, 9.17) is 18.9 Å². The summed E-state index contributed by atoms with van der Waals surface area (Å²) in [5.41, 5.74) is 4.93. The summed E-state index contributed by atoms with van der Waals surface area (Å²) in [4.78, 5) is 51.3. The molecule has 6 heterocycles. The van der Waals surface area contributed by atoms with Crippen molar-refractivity contribution in [2.24, 2.45) is 11.8 Å². The smallest absolute Gasteiger partial charge is 0.345 e. The Kier molecular flexibility index (Phi) is 7.95. The fourth-order valence-corrected chi connectivity index (χ4v) is 12.2. The number of aromatic nitrogens is 2. The number of likely N-dealkylation sites (N-methyl/N-ethyl adjacent to an activating group) is 2. The van der Waals surface area contributed by atoms with E-state index in [0.29, 0.717) is 52.8 Å². The number of ketones is 1. The topological polar surface area (TPSA) is 141 Å². The molecule has 4 aromatic rings. The number of carbonyl (C=O) groups excluding carboxylic acids is 3. The van der Waals surface area contributed by atoms with Crippen LogP contribution in [0.4, 0.5) is 0 Å². The molecule has 0 unspecified atom stereocenters. The molecule has 4 bridgehead atoms. The van der Waals surface area contributed by atoms with E-state index >= 15 is 0 Å². The minimum absolute atomic E-state index is 0.172. The molecule has 12 nitrogen and oxygen atoms in total. The first-order chi connectivity index (χ1) is 28.2. The van der Waals surface area contributed by atoms with Gasteiger partial charge in [0.1, 0.15) is 6.10 Å². The summed E-state index contributed by atoms with van der Waals surface area (Å²) in [6.07, 6.45) is 14.3. The van der Waals surface area contributed by atoms with Crippen LogP contribution in [0.15, 0.2) is 85.5 Å². The van der Waals surface area contributed by atoms with Gasteiger partial charge in [-0.3, -0.25) is 14.8 Å². The predicted molar refractivity (Wildman–Crippen MR) is 209 cm³/mol. The number of ether oxygens (including phenoxy) is 4. The number of hydrogen-bond donors (Lipinski definition) is 1. The Balaban J connectivity index is 0.000000154. The predicted octanol–water partition coefficient (Wildman–Crippen LogP) is 5.00. The van der Waals surface area contributed by atoms with Crippen molar-refractivity contribution in [1.29, 1.82) is 0 Å². The number of carbonyl (C=O) groups is 3. The van der Waals surface area contributed by atoms with E-state index in [0.717, 1.165) is 56.3 Å². The van der Waals surface area contributed by atoms with Gasteiger partial charge in [-0.1, -0.05) is 18.2 Å². The minimum atomic E-state index is -0.590. The van der Waals surface area contributed by atoms with Crippen molar-refractivity contribution in [2.75, 3.05) is 27.2 Å². The molecule has 12 rings (SSSR count). The molecule has 8 aliphatic rings. The highest BCUT2D eigenvalue weighted by Gasteiger charge is 2.67. The van der Waals surface area contributed by atoms with Gasteiger partial charge < -0.3 is 33.9 Å². The van der Waals surface area contributed by atoms with Crippen LogP contribution in [0.2, 0.25) is 0 Å². The highest BCUT2D eigenvalue weighted by atomic mass is 16.6. The maximum Gasteiger partial charge on any atom is 0.345 e. The third-order valence-electron chi connectivity index (χ3n) is 14.7. The zero-order valence-corrected chi connectivity index (χ0v) is 32.4. The van der Waals surface area contributed by atoms with Gasteiger partial charge in [-0.05, 0) is 119 Å². The number of aromatic hydroxyl groups is 1. The number of phenols is 1. The van der Waals surface area contributed by atoms with Crippen LogP contribution in [0, 0.1) is 11.8 Å². The molecule has 296 valence electrons. The normalized spacial score (nSPS) is 32.7. The van der Waals surface area contributed by atoms with Crippen molar-refractivity contribution >= 4 is 17.7 Å². The van der Waals surface area contributed by atoms with E-state index in [9.17, 15) is 19.5 Å². The fraction of sp³-hybridized carbons (Fsp3) is 0.413. The van der Waals surface area contributed by atoms with Crippen molar-refractivity contribution in [3.8, 4) is 23.0 Å². The van der Waals surface area contributed by atoms with Gasteiger partial charge in [0, 0.05) is 71.2 Å². The third-order valence-corrected chi connectivity index (χ3v) is 14.7. The van der Waals surface area contributed by atoms with E-state index in [1.807, 2.05) is 18.2 Å². The number of pyridine rings is 2. The molecular formula is C46H44N4O8. The molecule has 2 aromatic carbocycles. The van der Waals surface area contributed by atoms with Crippen LogP contribution in [0.1, 0.15) is 68.7 Å². The second-order valence-electron chi connectivity index (χ2n) is 17.3. The quantitative estimate of drug-likeness (QED) is 0.169. The average molecular weight is 781 g/mol. The maximum absolute atomic E-state index is 13.0.